The summed E-state index contributed by atoms with van der Waals surface area (Å²) in [6.45, 7) is 1.59. The number of halogens is 1. The van der Waals surface area contributed by atoms with E-state index < -0.39 is 4.92 Å². The van der Waals surface area contributed by atoms with Crippen LogP contribution < -0.4 is 10.6 Å². The van der Waals surface area contributed by atoms with Gasteiger partial charge in [-0.05, 0) is 25.1 Å². The van der Waals surface area contributed by atoms with E-state index in [1.807, 2.05) is 0 Å². The van der Waals surface area contributed by atoms with Gasteiger partial charge in [-0.15, -0.1) is 0 Å². The quantitative estimate of drug-likeness (QED) is 0.641. The molecule has 0 radical (unpaired) electrons. The van der Waals surface area contributed by atoms with Crippen LogP contribution in [0.25, 0.3) is 0 Å². The summed E-state index contributed by atoms with van der Waals surface area (Å²) >= 11 is 5.68. The SMILES string of the molecule is O=C(NC1CCNC1)c1ccc(Cl)c([N+](=O)[O-])c1. The van der Waals surface area contributed by atoms with Crippen LogP contribution in [0.15, 0.2) is 18.2 Å². The van der Waals surface area contributed by atoms with Gasteiger partial charge >= 0.3 is 0 Å². The van der Waals surface area contributed by atoms with Crippen LogP contribution in [0.2, 0.25) is 5.02 Å². The van der Waals surface area contributed by atoms with Crippen LogP contribution >= 0.6 is 11.6 Å². The van der Waals surface area contributed by atoms with Crippen molar-refractivity contribution in [2.24, 2.45) is 0 Å². The Bertz CT molecular complexity index is 486. The summed E-state index contributed by atoms with van der Waals surface area (Å²) in [6, 6.07) is 4.11. The van der Waals surface area contributed by atoms with Crippen molar-refractivity contribution < 1.29 is 9.72 Å². The second kappa shape index (κ2) is 5.32. The minimum absolute atomic E-state index is 0.0269. The fourth-order valence-electron chi connectivity index (χ4n) is 1.84. The molecule has 6 nitrogen and oxygen atoms in total. The Hall–Kier alpha value is -1.66. The molecule has 0 aromatic heterocycles. The van der Waals surface area contributed by atoms with E-state index in [-0.39, 0.29) is 28.2 Å². The predicted molar refractivity (Wildman–Crippen MR) is 66.8 cm³/mol. The Morgan fingerprint density at radius 2 is 2.33 bits per heavy atom. The highest BCUT2D eigenvalue weighted by molar-refractivity contribution is 6.32. The zero-order valence-corrected chi connectivity index (χ0v) is 10.2. The molecule has 1 aliphatic rings. The van der Waals surface area contributed by atoms with Crippen molar-refractivity contribution in [1.29, 1.82) is 0 Å². The van der Waals surface area contributed by atoms with Crippen LogP contribution in [0.3, 0.4) is 0 Å². The summed E-state index contributed by atoms with van der Waals surface area (Å²) in [6.07, 6.45) is 0.863. The van der Waals surface area contributed by atoms with E-state index in [1.165, 1.54) is 18.2 Å². The lowest BCUT2D eigenvalue weighted by Gasteiger charge is -2.11. The average Bonchev–Trinajstić information content (AvgIpc) is 2.81. The molecule has 0 spiro atoms. The summed E-state index contributed by atoms with van der Waals surface area (Å²) in [5, 5.41) is 16.7. The molecule has 0 saturated carbocycles. The highest BCUT2D eigenvalue weighted by Gasteiger charge is 2.20. The number of hydrogen-bond donors (Lipinski definition) is 2. The van der Waals surface area contributed by atoms with Crippen LogP contribution in [0.1, 0.15) is 16.8 Å². The Balaban J connectivity index is 2.14. The summed E-state index contributed by atoms with van der Waals surface area (Å²) < 4.78 is 0. The van der Waals surface area contributed by atoms with Crippen molar-refractivity contribution in [3.05, 3.63) is 38.9 Å². The Morgan fingerprint density at radius 1 is 1.56 bits per heavy atom. The maximum Gasteiger partial charge on any atom is 0.288 e. The number of benzene rings is 1. The fourth-order valence-corrected chi connectivity index (χ4v) is 2.03. The summed E-state index contributed by atoms with van der Waals surface area (Å²) in [4.78, 5) is 22.0. The summed E-state index contributed by atoms with van der Waals surface area (Å²) in [5.74, 6) is -0.316. The van der Waals surface area contributed by atoms with Gasteiger partial charge in [0, 0.05) is 24.2 Å². The lowest BCUT2D eigenvalue weighted by Crippen LogP contribution is -2.36. The molecular formula is C11H12ClN3O3. The number of hydrogen-bond acceptors (Lipinski definition) is 4. The van der Waals surface area contributed by atoms with Crippen molar-refractivity contribution in [2.45, 2.75) is 12.5 Å². The van der Waals surface area contributed by atoms with Crippen molar-refractivity contribution in [3.8, 4) is 0 Å². The monoisotopic (exact) mass is 269 g/mol. The van der Waals surface area contributed by atoms with E-state index in [1.54, 1.807) is 0 Å². The predicted octanol–water partition coefficient (Wildman–Crippen LogP) is 1.34. The van der Waals surface area contributed by atoms with E-state index in [2.05, 4.69) is 10.6 Å². The second-order valence-electron chi connectivity index (χ2n) is 4.09. The molecule has 2 rings (SSSR count). The normalized spacial score (nSPS) is 18.6. The van der Waals surface area contributed by atoms with Gasteiger partial charge < -0.3 is 10.6 Å². The maximum atomic E-state index is 11.9. The number of rotatable bonds is 3. The molecule has 1 aliphatic heterocycles. The molecule has 1 unspecified atom stereocenters. The van der Waals surface area contributed by atoms with Gasteiger partial charge in [-0.3, -0.25) is 14.9 Å². The van der Waals surface area contributed by atoms with Gasteiger partial charge in [0.05, 0.1) is 4.92 Å². The third kappa shape index (κ3) is 2.77. The molecule has 1 aromatic rings. The van der Waals surface area contributed by atoms with Gasteiger partial charge in [0.25, 0.3) is 11.6 Å². The zero-order valence-electron chi connectivity index (χ0n) is 9.48. The number of nitro groups is 1. The van der Waals surface area contributed by atoms with Crippen LogP contribution in [-0.4, -0.2) is 30.0 Å². The third-order valence-electron chi connectivity index (χ3n) is 2.80. The van der Waals surface area contributed by atoms with E-state index in [0.29, 0.717) is 0 Å². The van der Waals surface area contributed by atoms with Gasteiger partial charge in [-0.1, -0.05) is 11.6 Å². The lowest BCUT2D eigenvalue weighted by molar-refractivity contribution is -0.384. The van der Waals surface area contributed by atoms with E-state index in [9.17, 15) is 14.9 Å². The van der Waals surface area contributed by atoms with Crippen LogP contribution in [0.4, 0.5) is 5.69 Å². The molecule has 7 heteroatoms. The first-order valence-corrected chi connectivity index (χ1v) is 5.91. The van der Waals surface area contributed by atoms with E-state index in [0.717, 1.165) is 19.5 Å². The molecule has 1 atom stereocenters. The molecule has 18 heavy (non-hydrogen) atoms. The number of carbonyl (C=O) groups excluding carboxylic acids is 1. The molecule has 0 bridgehead atoms. The van der Waals surface area contributed by atoms with E-state index >= 15 is 0 Å². The summed E-state index contributed by atoms with van der Waals surface area (Å²) in [7, 11) is 0. The zero-order chi connectivity index (χ0) is 13.1. The number of nitrogens with zero attached hydrogens (tertiary/aromatic N) is 1. The van der Waals surface area contributed by atoms with Crippen LogP contribution in [-0.2, 0) is 0 Å². The summed E-state index contributed by atoms with van der Waals surface area (Å²) in [5.41, 5.74) is -0.00753. The Labute approximate surface area is 108 Å². The maximum absolute atomic E-state index is 11.9. The number of nitrogens with one attached hydrogen (secondary N) is 2. The van der Waals surface area contributed by atoms with Crippen LogP contribution in [0, 0.1) is 10.1 Å². The number of nitro benzene ring substituents is 1. The van der Waals surface area contributed by atoms with Crippen molar-refractivity contribution >= 4 is 23.2 Å². The molecule has 1 fully saturated rings. The first kappa shape index (κ1) is 12.8. The molecule has 1 amide bonds. The molecular weight excluding hydrogens is 258 g/mol. The second-order valence-corrected chi connectivity index (χ2v) is 4.49. The van der Waals surface area contributed by atoms with Crippen molar-refractivity contribution in [3.63, 3.8) is 0 Å². The lowest BCUT2D eigenvalue weighted by atomic mass is 10.1. The average molecular weight is 270 g/mol. The van der Waals surface area contributed by atoms with Gasteiger partial charge in [-0.2, -0.15) is 0 Å². The Kier molecular flexibility index (Phi) is 3.78. The largest absolute Gasteiger partial charge is 0.348 e. The topological polar surface area (TPSA) is 84.3 Å². The van der Waals surface area contributed by atoms with Gasteiger partial charge in [0.2, 0.25) is 0 Å². The first-order valence-electron chi connectivity index (χ1n) is 5.53. The molecule has 2 N–H and O–H groups in total. The highest BCUT2D eigenvalue weighted by atomic mass is 35.5. The number of amides is 1. The fraction of sp³-hybridized carbons (Fsp3) is 0.364. The minimum atomic E-state index is -0.601. The molecule has 1 saturated heterocycles. The van der Waals surface area contributed by atoms with Gasteiger partial charge in [0.15, 0.2) is 0 Å². The smallest absolute Gasteiger partial charge is 0.288 e. The standard InChI is InChI=1S/C11H12ClN3O3/c12-9-2-1-7(5-10(9)15(17)18)11(16)14-8-3-4-13-6-8/h1-2,5,8,13H,3-4,6H2,(H,14,16). The van der Waals surface area contributed by atoms with E-state index in [4.69, 9.17) is 11.6 Å². The first-order chi connectivity index (χ1) is 8.58. The number of carbonyl (C=O) groups is 1. The highest BCUT2D eigenvalue weighted by Crippen LogP contribution is 2.25. The van der Waals surface area contributed by atoms with Crippen molar-refractivity contribution in [2.75, 3.05) is 13.1 Å². The third-order valence-corrected chi connectivity index (χ3v) is 3.12. The van der Waals surface area contributed by atoms with Gasteiger partial charge in [-0.25, -0.2) is 0 Å². The molecule has 96 valence electrons. The van der Waals surface area contributed by atoms with Crippen molar-refractivity contribution in [1.82, 2.24) is 10.6 Å². The minimum Gasteiger partial charge on any atom is -0.348 e. The Morgan fingerprint density at radius 3 is 2.94 bits per heavy atom. The molecule has 1 aromatic carbocycles. The van der Waals surface area contributed by atoms with Gasteiger partial charge in [0.1, 0.15) is 5.02 Å². The molecule has 1 heterocycles. The molecule has 0 aliphatic carbocycles. The van der Waals surface area contributed by atoms with Crippen LogP contribution in [0.5, 0.6) is 0 Å².